The Morgan fingerprint density at radius 3 is 2.33 bits per heavy atom. The molecule has 1 fully saturated rings. The van der Waals surface area contributed by atoms with Crippen LogP contribution in [0.25, 0.3) is 11.5 Å². The molecule has 1 aromatic carbocycles. The minimum atomic E-state index is -4.36. The minimum absolute atomic E-state index is 0.334. The lowest BCUT2D eigenvalue weighted by molar-refractivity contribution is -0.137. The van der Waals surface area contributed by atoms with Crippen LogP contribution in [0, 0.1) is 6.92 Å². The maximum atomic E-state index is 12.7. The van der Waals surface area contributed by atoms with Crippen LogP contribution in [-0.4, -0.2) is 41.0 Å². The Balaban J connectivity index is 1.39. The van der Waals surface area contributed by atoms with E-state index in [-0.39, 0.29) is 0 Å². The molecule has 0 atom stereocenters. The molecule has 3 heterocycles. The van der Waals surface area contributed by atoms with Gasteiger partial charge in [0.2, 0.25) is 5.89 Å². The third kappa shape index (κ3) is 4.60. The molecule has 0 radical (unpaired) electrons. The van der Waals surface area contributed by atoms with Crippen LogP contribution in [0.3, 0.4) is 0 Å². The SMILES string of the molecule is Cc1oc(-c2ccc(C(F)(F)F)cc2)nc1CN1CCN(c2ccc(Cl)cn2)CC1. The molecule has 0 aliphatic carbocycles. The van der Waals surface area contributed by atoms with Gasteiger partial charge in [0.25, 0.3) is 0 Å². The van der Waals surface area contributed by atoms with E-state index in [4.69, 9.17) is 16.0 Å². The quantitative estimate of drug-likeness (QED) is 0.573. The number of aryl methyl sites for hydroxylation is 1. The van der Waals surface area contributed by atoms with Crippen molar-refractivity contribution in [1.82, 2.24) is 14.9 Å². The zero-order chi connectivity index (χ0) is 21.3. The third-order valence-electron chi connectivity index (χ3n) is 5.13. The van der Waals surface area contributed by atoms with Crippen molar-refractivity contribution in [3.05, 3.63) is 64.6 Å². The highest BCUT2D eigenvalue weighted by atomic mass is 35.5. The largest absolute Gasteiger partial charge is 0.441 e. The number of piperazine rings is 1. The van der Waals surface area contributed by atoms with Crippen molar-refractivity contribution in [2.75, 3.05) is 31.1 Å². The van der Waals surface area contributed by atoms with Gasteiger partial charge in [0.15, 0.2) is 0 Å². The monoisotopic (exact) mass is 436 g/mol. The molecule has 1 aliphatic heterocycles. The van der Waals surface area contributed by atoms with Crippen LogP contribution < -0.4 is 4.90 Å². The second kappa shape index (κ2) is 8.28. The summed E-state index contributed by atoms with van der Waals surface area (Å²) in [6.07, 6.45) is -2.72. The van der Waals surface area contributed by atoms with E-state index in [1.807, 2.05) is 19.1 Å². The smallest absolute Gasteiger partial charge is 0.416 e. The molecule has 9 heteroatoms. The van der Waals surface area contributed by atoms with E-state index in [9.17, 15) is 13.2 Å². The number of anilines is 1. The van der Waals surface area contributed by atoms with E-state index in [0.717, 1.165) is 49.8 Å². The van der Waals surface area contributed by atoms with Gasteiger partial charge in [-0.25, -0.2) is 9.97 Å². The Kier molecular flexibility index (Phi) is 5.71. The van der Waals surface area contributed by atoms with E-state index in [0.29, 0.717) is 28.8 Å². The van der Waals surface area contributed by atoms with Crippen molar-refractivity contribution in [3.8, 4) is 11.5 Å². The second-order valence-electron chi connectivity index (χ2n) is 7.19. The first-order valence-electron chi connectivity index (χ1n) is 9.52. The van der Waals surface area contributed by atoms with Crippen LogP contribution in [0.2, 0.25) is 5.02 Å². The van der Waals surface area contributed by atoms with Crippen molar-refractivity contribution in [2.24, 2.45) is 0 Å². The number of aromatic nitrogens is 2. The van der Waals surface area contributed by atoms with Crippen LogP contribution in [-0.2, 0) is 12.7 Å². The average Bonchev–Trinajstić information content (AvgIpc) is 3.09. The molecule has 0 bridgehead atoms. The first-order valence-corrected chi connectivity index (χ1v) is 9.90. The minimum Gasteiger partial charge on any atom is -0.441 e. The molecule has 4 rings (SSSR count). The van der Waals surface area contributed by atoms with Gasteiger partial charge in [-0.05, 0) is 43.3 Å². The first-order chi connectivity index (χ1) is 14.3. The first kappa shape index (κ1) is 20.7. The van der Waals surface area contributed by atoms with E-state index in [1.54, 1.807) is 6.20 Å². The molecule has 2 aromatic heterocycles. The van der Waals surface area contributed by atoms with Crippen LogP contribution in [0.4, 0.5) is 19.0 Å². The summed E-state index contributed by atoms with van der Waals surface area (Å²) in [7, 11) is 0. The fourth-order valence-corrected chi connectivity index (χ4v) is 3.51. The Morgan fingerprint density at radius 2 is 1.73 bits per heavy atom. The number of nitrogens with zero attached hydrogens (tertiary/aromatic N) is 4. The zero-order valence-corrected chi connectivity index (χ0v) is 17.0. The lowest BCUT2D eigenvalue weighted by Crippen LogP contribution is -2.46. The highest BCUT2D eigenvalue weighted by molar-refractivity contribution is 6.30. The number of hydrogen-bond acceptors (Lipinski definition) is 5. The summed E-state index contributed by atoms with van der Waals surface area (Å²) in [5, 5.41) is 0.614. The normalized spacial score (nSPS) is 15.6. The highest BCUT2D eigenvalue weighted by Gasteiger charge is 2.30. The van der Waals surface area contributed by atoms with Gasteiger partial charge >= 0.3 is 6.18 Å². The Morgan fingerprint density at radius 1 is 1.03 bits per heavy atom. The summed E-state index contributed by atoms with van der Waals surface area (Å²) in [5.41, 5.74) is 0.627. The van der Waals surface area contributed by atoms with E-state index in [1.165, 1.54) is 12.1 Å². The summed E-state index contributed by atoms with van der Waals surface area (Å²) in [5.74, 6) is 1.91. The van der Waals surface area contributed by atoms with Crippen molar-refractivity contribution in [3.63, 3.8) is 0 Å². The summed E-state index contributed by atoms with van der Waals surface area (Å²) in [4.78, 5) is 13.4. The molecule has 3 aromatic rings. The van der Waals surface area contributed by atoms with E-state index >= 15 is 0 Å². The van der Waals surface area contributed by atoms with Gasteiger partial charge < -0.3 is 9.32 Å². The molecule has 5 nitrogen and oxygen atoms in total. The van der Waals surface area contributed by atoms with Crippen molar-refractivity contribution >= 4 is 17.4 Å². The predicted octanol–water partition coefficient (Wildman–Crippen LogP) is 5.04. The van der Waals surface area contributed by atoms with Crippen molar-refractivity contribution in [1.29, 1.82) is 0 Å². The molecule has 30 heavy (non-hydrogen) atoms. The van der Waals surface area contributed by atoms with Crippen LogP contribution in [0.1, 0.15) is 17.0 Å². The Bertz CT molecular complexity index is 995. The molecule has 0 saturated carbocycles. The molecular formula is C21H20ClF3N4O. The molecule has 0 unspecified atom stereocenters. The molecule has 0 N–H and O–H groups in total. The topological polar surface area (TPSA) is 45.4 Å². The number of oxazole rings is 1. The summed E-state index contributed by atoms with van der Waals surface area (Å²) in [6.45, 7) is 5.79. The van der Waals surface area contributed by atoms with Gasteiger partial charge in [0.1, 0.15) is 11.6 Å². The predicted molar refractivity (Wildman–Crippen MR) is 108 cm³/mol. The third-order valence-corrected chi connectivity index (χ3v) is 5.36. The molecule has 0 amide bonds. The van der Waals surface area contributed by atoms with Crippen molar-refractivity contribution < 1.29 is 17.6 Å². The maximum Gasteiger partial charge on any atom is 0.416 e. The van der Waals surface area contributed by atoms with E-state index in [2.05, 4.69) is 19.8 Å². The Hall–Kier alpha value is -2.58. The second-order valence-corrected chi connectivity index (χ2v) is 7.63. The molecular weight excluding hydrogens is 417 g/mol. The number of pyridine rings is 1. The van der Waals surface area contributed by atoms with Gasteiger partial charge in [-0.15, -0.1) is 0 Å². The standard InChI is InChI=1S/C21H20ClF3N4O/c1-14-18(27-20(30-14)15-2-4-16(5-3-15)21(23,24)25)13-28-8-10-29(11-9-28)19-7-6-17(22)12-26-19/h2-7,12H,8-11,13H2,1H3. The summed E-state index contributed by atoms with van der Waals surface area (Å²) in [6, 6.07) is 8.59. The number of alkyl halides is 3. The van der Waals surface area contributed by atoms with Crippen LogP contribution >= 0.6 is 11.6 Å². The van der Waals surface area contributed by atoms with Gasteiger partial charge in [0.05, 0.1) is 16.3 Å². The number of hydrogen-bond donors (Lipinski definition) is 0. The van der Waals surface area contributed by atoms with Gasteiger partial charge in [-0.3, -0.25) is 4.90 Å². The maximum absolute atomic E-state index is 12.7. The summed E-state index contributed by atoms with van der Waals surface area (Å²) >= 11 is 5.90. The molecule has 0 spiro atoms. The van der Waals surface area contributed by atoms with Crippen LogP contribution in [0.5, 0.6) is 0 Å². The highest BCUT2D eigenvalue weighted by Crippen LogP contribution is 2.31. The van der Waals surface area contributed by atoms with Gasteiger partial charge in [-0.1, -0.05) is 11.6 Å². The number of rotatable bonds is 4. The Labute approximate surface area is 177 Å². The fourth-order valence-electron chi connectivity index (χ4n) is 3.40. The summed E-state index contributed by atoms with van der Waals surface area (Å²) < 4.78 is 44.0. The molecule has 158 valence electrons. The lowest BCUT2D eigenvalue weighted by Gasteiger charge is -2.35. The van der Waals surface area contributed by atoms with Crippen molar-refractivity contribution in [2.45, 2.75) is 19.6 Å². The number of benzene rings is 1. The van der Waals surface area contributed by atoms with Gasteiger partial charge in [0, 0.05) is 44.5 Å². The number of halogens is 4. The van der Waals surface area contributed by atoms with Crippen LogP contribution in [0.15, 0.2) is 47.0 Å². The average molecular weight is 437 g/mol. The van der Waals surface area contributed by atoms with Gasteiger partial charge in [-0.2, -0.15) is 13.2 Å². The molecule has 1 aliphatic rings. The van der Waals surface area contributed by atoms with E-state index < -0.39 is 11.7 Å². The lowest BCUT2D eigenvalue weighted by atomic mass is 10.1. The molecule has 1 saturated heterocycles. The zero-order valence-electron chi connectivity index (χ0n) is 16.3. The fraction of sp³-hybridized carbons (Fsp3) is 0.333.